The Morgan fingerprint density at radius 2 is 1.79 bits per heavy atom. The Hall–Kier alpha value is -1.88. The number of benzene rings is 1. The van der Waals surface area contributed by atoms with Crippen LogP contribution in [0.1, 0.15) is 36.0 Å². The molecular formula is C14H19N3O2. The van der Waals surface area contributed by atoms with Crippen LogP contribution in [0.5, 0.6) is 0 Å². The average Bonchev–Trinajstić information content (AvgIpc) is 2.90. The molecule has 1 aromatic rings. The average molecular weight is 261 g/mol. The molecule has 1 saturated carbocycles. The summed E-state index contributed by atoms with van der Waals surface area (Å²) in [7, 11) is 0. The van der Waals surface area contributed by atoms with E-state index in [1.807, 2.05) is 0 Å². The lowest BCUT2D eigenvalue weighted by Gasteiger charge is -2.11. The van der Waals surface area contributed by atoms with E-state index in [2.05, 4.69) is 10.6 Å². The van der Waals surface area contributed by atoms with Gasteiger partial charge < -0.3 is 16.4 Å². The first kappa shape index (κ1) is 13.5. The fraction of sp³-hybridized carbons (Fsp3) is 0.429. The molecule has 2 rings (SSSR count). The fourth-order valence-electron chi connectivity index (χ4n) is 2.29. The van der Waals surface area contributed by atoms with Crippen molar-refractivity contribution in [2.24, 2.45) is 5.73 Å². The van der Waals surface area contributed by atoms with Crippen LogP contribution in [0.2, 0.25) is 0 Å². The van der Waals surface area contributed by atoms with E-state index in [9.17, 15) is 9.59 Å². The third-order valence-electron chi connectivity index (χ3n) is 3.36. The SMILES string of the molecule is NC(=O)c1ccc(NC(=O)CNC2CCCC2)cc1. The molecule has 19 heavy (non-hydrogen) atoms. The van der Waals surface area contributed by atoms with Crippen LogP contribution in [-0.4, -0.2) is 24.4 Å². The van der Waals surface area contributed by atoms with Crippen LogP contribution in [0.3, 0.4) is 0 Å². The van der Waals surface area contributed by atoms with Crippen molar-refractivity contribution >= 4 is 17.5 Å². The van der Waals surface area contributed by atoms with Crippen molar-refractivity contribution in [3.63, 3.8) is 0 Å². The second-order valence-corrected chi connectivity index (χ2v) is 4.85. The van der Waals surface area contributed by atoms with Gasteiger partial charge in [0.2, 0.25) is 11.8 Å². The highest BCUT2D eigenvalue weighted by Crippen LogP contribution is 2.17. The van der Waals surface area contributed by atoms with Gasteiger partial charge in [-0.25, -0.2) is 0 Å². The first-order valence-corrected chi connectivity index (χ1v) is 6.58. The molecule has 0 saturated heterocycles. The van der Waals surface area contributed by atoms with Gasteiger partial charge in [0.05, 0.1) is 6.54 Å². The first-order valence-electron chi connectivity index (χ1n) is 6.58. The molecule has 0 radical (unpaired) electrons. The van der Waals surface area contributed by atoms with Gasteiger partial charge in [0.15, 0.2) is 0 Å². The second kappa shape index (κ2) is 6.33. The molecule has 0 spiro atoms. The number of anilines is 1. The highest BCUT2D eigenvalue weighted by Gasteiger charge is 2.15. The quantitative estimate of drug-likeness (QED) is 0.746. The fourth-order valence-corrected chi connectivity index (χ4v) is 2.29. The number of primary amides is 1. The Kier molecular flexibility index (Phi) is 4.52. The predicted octanol–water partition coefficient (Wildman–Crippen LogP) is 1.26. The Bertz CT molecular complexity index is 450. The summed E-state index contributed by atoms with van der Waals surface area (Å²) >= 11 is 0. The molecule has 5 nitrogen and oxygen atoms in total. The van der Waals surface area contributed by atoms with E-state index in [1.54, 1.807) is 24.3 Å². The smallest absolute Gasteiger partial charge is 0.248 e. The van der Waals surface area contributed by atoms with E-state index in [0.29, 0.717) is 23.8 Å². The molecule has 2 amide bonds. The molecule has 5 heteroatoms. The van der Waals surface area contributed by atoms with Crippen molar-refractivity contribution in [3.05, 3.63) is 29.8 Å². The number of hydrogen-bond donors (Lipinski definition) is 3. The van der Waals surface area contributed by atoms with Crippen molar-refractivity contribution < 1.29 is 9.59 Å². The zero-order valence-corrected chi connectivity index (χ0v) is 10.8. The molecule has 102 valence electrons. The van der Waals surface area contributed by atoms with Crippen molar-refractivity contribution in [1.82, 2.24) is 5.32 Å². The van der Waals surface area contributed by atoms with Crippen LogP contribution in [0.15, 0.2) is 24.3 Å². The molecule has 0 aliphatic heterocycles. The Balaban J connectivity index is 1.79. The zero-order chi connectivity index (χ0) is 13.7. The first-order chi connectivity index (χ1) is 9.15. The van der Waals surface area contributed by atoms with Gasteiger partial charge in [-0.2, -0.15) is 0 Å². The molecule has 1 aliphatic rings. The monoisotopic (exact) mass is 261 g/mol. The summed E-state index contributed by atoms with van der Waals surface area (Å²) in [5.41, 5.74) is 6.25. The largest absolute Gasteiger partial charge is 0.366 e. The molecule has 0 bridgehead atoms. The van der Waals surface area contributed by atoms with Gasteiger partial charge in [-0.05, 0) is 37.1 Å². The molecule has 1 fully saturated rings. The van der Waals surface area contributed by atoms with Crippen LogP contribution in [0.25, 0.3) is 0 Å². The van der Waals surface area contributed by atoms with Gasteiger partial charge in [-0.1, -0.05) is 12.8 Å². The summed E-state index contributed by atoms with van der Waals surface area (Å²) in [5, 5.41) is 6.02. The predicted molar refractivity (Wildman–Crippen MR) is 73.8 cm³/mol. The summed E-state index contributed by atoms with van der Waals surface area (Å²) in [6.07, 6.45) is 4.79. The topological polar surface area (TPSA) is 84.2 Å². The molecule has 0 aromatic heterocycles. The molecule has 4 N–H and O–H groups in total. The van der Waals surface area contributed by atoms with E-state index in [4.69, 9.17) is 5.73 Å². The number of nitrogens with one attached hydrogen (secondary N) is 2. The Morgan fingerprint density at radius 1 is 1.16 bits per heavy atom. The van der Waals surface area contributed by atoms with Crippen LogP contribution in [-0.2, 0) is 4.79 Å². The summed E-state index contributed by atoms with van der Waals surface area (Å²) in [4.78, 5) is 22.6. The summed E-state index contributed by atoms with van der Waals surface area (Å²) < 4.78 is 0. The van der Waals surface area contributed by atoms with E-state index in [1.165, 1.54) is 12.8 Å². The highest BCUT2D eigenvalue weighted by atomic mass is 16.2. The van der Waals surface area contributed by atoms with Crippen LogP contribution < -0.4 is 16.4 Å². The summed E-state index contributed by atoms with van der Waals surface area (Å²) in [5.74, 6) is -0.542. The molecular weight excluding hydrogens is 242 g/mol. The molecule has 0 unspecified atom stereocenters. The minimum atomic E-state index is -0.472. The molecule has 0 heterocycles. The van der Waals surface area contributed by atoms with E-state index in [-0.39, 0.29) is 5.91 Å². The number of amides is 2. The maximum absolute atomic E-state index is 11.7. The van der Waals surface area contributed by atoms with Gasteiger partial charge in [0.1, 0.15) is 0 Å². The van der Waals surface area contributed by atoms with Crippen molar-refractivity contribution in [1.29, 1.82) is 0 Å². The van der Waals surface area contributed by atoms with E-state index in [0.717, 1.165) is 12.8 Å². The third kappa shape index (κ3) is 4.06. The van der Waals surface area contributed by atoms with Crippen molar-refractivity contribution in [2.45, 2.75) is 31.7 Å². The standard InChI is InChI=1S/C14H19N3O2/c15-14(19)10-5-7-12(8-6-10)17-13(18)9-16-11-3-1-2-4-11/h5-8,11,16H,1-4,9H2,(H2,15,19)(H,17,18). The Labute approximate surface area is 112 Å². The van der Waals surface area contributed by atoms with Crippen molar-refractivity contribution in [3.8, 4) is 0 Å². The summed E-state index contributed by atoms with van der Waals surface area (Å²) in [6.45, 7) is 0.322. The zero-order valence-electron chi connectivity index (χ0n) is 10.8. The van der Waals surface area contributed by atoms with Gasteiger partial charge in [-0.15, -0.1) is 0 Å². The lowest BCUT2D eigenvalue weighted by Crippen LogP contribution is -2.34. The van der Waals surface area contributed by atoms with Gasteiger partial charge in [-0.3, -0.25) is 9.59 Å². The molecule has 1 aromatic carbocycles. The van der Waals surface area contributed by atoms with E-state index >= 15 is 0 Å². The van der Waals surface area contributed by atoms with Gasteiger partial charge in [0.25, 0.3) is 0 Å². The lowest BCUT2D eigenvalue weighted by molar-refractivity contribution is -0.115. The second-order valence-electron chi connectivity index (χ2n) is 4.85. The van der Waals surface area contributed by atoms with Crippen LogP contribution in [0, 0.1) is 0 Å². The number of rotatable bonds is 5. The van der Waals surface area contributed by atoms with Crippen LogP contribution >= 0.6 is 0 Å². The highest BCUT2D eigenvalue weighted by molar-refractivity contribution is 5.95. The molecule has 0 atom stereocenters. The number of carbonyl (C=O) groups is 2. The molecule has 1 aliphatic carbocycles. The van der Waals surface area contributed by atoms with Crippen molar-refractivity contribution in [2.75, 3.05) is 11.9 Å². The minimum Gasteiger partial charge on any atom is -0.366 e. The van der Waals surface area contributed by atoms with Gasteiger partial charge >= 0.3 is 0 Å². The van der Waals surface area contributed by atoms with E-state index < -0.39 is 5.91 Å². The maximum Gasteiger partial charge on any atom is 0.248 e. The normalized spacial score (nSPS) is 15.4. The van der Waals surface area contributed by atoms with Gasteiger partial charge in [0, 0.05) is 17.3 Å². The number of hydrogen-bond acceptors (Lipinski definition) is 3. The maximum atomic E-state index is 11.7. The van der Waals surface area contributed by atoms with Crippen LogP contribution in [0.4, 0.5) is 5.69 Å². The number of carbonyl (C=O) groups excluding carboxylic acids is 2. The third-order valence-corrected chi connectivity index (χ3v) is 3.36. The Morgan fingerprint density at radius 3 is 2.37 bits per heavy atom. The lowest BCUT2D eigenvalue weighted by atomic mass is 10.2. The minimum absolute atomic E-state index is 0.0706. The summed E-state index contributed by atoms with van der Waals surface area (Å²) in [6, 6.07) is 7.02. The number of nitrogens with two attached hydrogens (primary N) is 1.